The smallest absolute Gasteiger partial charge is 0.246 e. The molecular weight excluding hydrogens is 455 g/mol. The fraction of sp³-hybridized carbons (Fsp3) is 0.185. The molecule has 6 heteroatoms. The maximum atomic E-state index is 12.5. The monoisotopic (exact) mass is 480 g/mol. The third-order valence-electron chi connectivity index (χ3n) is 5.14. The van der Waals surface area contributed by atoms with Crippen LogP contribution in [0.25, 0.3) is 12.2 Å². The number of hydrogen-bond acceptors (Lipinski definition) is 2. The lowest BCUT2D eigenvalue weighted by Crippen LogP contribution is -2.36. The van der Waals surface area contributed by atoms with Crippen molar-refractivity contribution >= 4 is 47.2 Å². The van der Waals surface area contributed by atoms with Gasteiger partial charge in [0.05, 0.1) is 0 Å². The molecule has 4 nitrogen and oxygen atoms in total. The number of hydrogen-bond donors (Lipinski definition) is 0. The van der Waals surface area contributed by atoms with Crippen LogP contribution in [0.1, 0.15) is 17.5 Å². The molecule has 1 aliphatic heterocycles. The van der Waals surface area contributed by atoms with Crippen LogP contribution in [0.5, 0.6) is 0 Å². The SMILES string of the molecule is O=C(C=CC=Cc1ccc(Cl)cc1)N1CCCN(C(=O)C=CC=Cc2ccc(Cl)cc2)CC1. The summed E-state index contributed by atoms with van der Waals surface area (Å²) in [6.07, 6.45) is 14.8. The third kappa shape index (κ3) is 8.41. The summed E-state index contributed by atoms with van der Waals surface area (Å²) in [5.74, 6) is -0.0991. The average Bonchev–Trinajstić information content (AvgIpc) is 3.08. The molecule has 2 amide bonds. The van der Waals surface area contributed by atoms with Gasteiger partial charge < -0.3 is 9.80 Å². The van der Waals surface area contributed by atoms with E-state index in [2.05, 4.69) is 0 Å². The molecule has 1 saturated heterocycles. The lowest BCUT2D eigenvalue weighted by molar-refractivity contribution is -0.128. The Bertz CT molecular complexity index is 969. The highest BCUT2D eigenvalue weighted by Crippen LogP contribution is 2.12. The summed E-state index contributed by atoms with van der Waals surface area (Å²) < 4.78 is 0. The van der Waals surface area contributed by atoms with E-state index in [4.69, 9.17) is 23.2 Å². The van der Waals surface area contributed by atoms with Crippen LogP contribution < -0.4 is 0 Å². The summed E-state index contributed by atoms with van der Waals surface area (Å²) in [6.45, 7) is 2.30. The van der Waals surface area contributed by atoms with Gasteiger partial charge in [0.15, 0.2) is 0 Å². The summed E-state index contributed by atoms with van der Waals surface area (Å²) in [4.78, 5) is 28.6. The number of carbonyl (C=O) groups is 2. The quantitative estimate of drug-likeness (QED) is 0.381. The molecule has 2 aromatic rings. The average molecular weight is 481 g/mol. The van der Waals surface area contributed by atoms with Gasteiger partial charge in [-0.25, -0.2) is 0 Å². The van der Waals surface area contributed by atoms with E-state index in [-0.39, 0.29) is 11.8 Å². The zero-order chi connectivity index (χ0) is 23.5. The fourth-order valence-corrected chi connectivity index (χ4v) is 3.58. The van der Waals surface area contributed by atoms with E-state index < -0.39 is 0 Å². The molecule has 33 heavy (non-hydrogen) atoms. The highest BCUT2D eigenvalue weighted by atomic mass is 35.5. The van der Waals surface area contributed by atoms with Crippen LogP contribution in [0.4, 0.5) is 0 Å². The summed E-state index contributed by atoms with van der Waals surface area (Å²) in [7, 11) is 0. The Morgan fingerprint density at radius 1 is 0.606 bits per heavy atom. The molecule has 1 heterocycles. The van der Waals surface area contributed by atoms with Gasteiger partial charge in [0, 0.05) is 48.4 Å². The molecule has 0 saturated carbocycles. The van der Waals surface area contributed by atoms with Gasteiger partial charge in [0.1, 0.15) is 0 Å². The van der Waals surface area contributed by atoms with Crippen molar-refractivity contribution < 1.29 is 9.59 Å². The van der Waals surface area contributed by atoms with Gasteiger partial charge in [-0.2, -0.15) is 0 Å². The zero-order valence-electron chi connectivity index (χ0n) is 18.2. The molecule has 3 rings (SSSR count). The first-order valence-corrected chi connectivity index (χ1v) is 11.6. The Hall–Kier alpha value is -3.08. The molecule has 1 fully saturated rings. The number of benzene rings is 2. The maximum Gasteiger partial charge on any atom is 0.246 e. The van der Waals surface area contributed by atoms with Crippen LogP contribution in [0.2, 0.25) is 10.0 Å². The summed E-state index contributed by atoms with van der Waals surface area (Å²) in [5, 5.41) is 1.38. The molecule has 0 atom stereocenters. The Morgan fingerprint density at radius 2 is 1.00 bits per heavy atom. The molecule has 0 bridgehead atoms. The van der Waals surface area contributed by atoms with Gasteiger partial charge >= 0.3 is 0 Å². The minimum atomic E-state index is -0.0495. The number of allylic oxidation sites excluding steroid dienone is 4. The van der Waals surface area contributed by atoms with Gasteiger partial charge in [0.25, 0.3) is 0 Å². The van der Waals surface area contributed by atoms with Crippen molar-refractivity contribution in [1.82, 2.24) is 9.80 Å². The van der Waals surface area contributed by atoms with Crippen LogP contribution in [0.3, 0.4) is 0 Å². The van der Waals surface area contributed by atoms with Crippen molar-refractivity contribution in [2.75, 3.05) is 26.2 Å². The second-order valence-corrected chi connectivity index (χ2v) is 8.42. The first kappa shape index (κ1) is 24.6. The molecule has 0 aromatic heterocycles. The second kappa shape index (κ2) is 12.8. The molecular formula is C27H26Cl2N2O2. The number of amides is 2. The Morgan fingerprint density at radius 3 is 1.39 bits per heavy atom. The lowest BCUT2D eigenvalue weighted by atomic mass is 10.2. The van der Waals surface area contributed by atoms with Gasteiger partial charge in [-0.05, 0) is 41.8 Å². The molecule has 0 spiro atoms. The minimum Gasteiger partial charge on any atom is -0.337 e. The van der Waals surface area contributed by atoms with E-state index in [0.29, 0.717) is 36.2 Å². The Kier molecular flexibility index (Phi) is 9.55. The van der Waals surface area contributed by atoms with Crippen molar-refractivity contribution in [2.24, 2.45) is 0 Å². The molecule has 2 aromatic carbocycles. The van der Waals surface area contributed by atoms with Gasteiger partial charge in [0.2, 0.25) is 11.8 Å². The predicted molar refractivity (Wildman–Crippen MR) is 137 cm³/mol. The third-order valence-corrected chi connectivity index (χ3v) is 5.64. The van der Waals surface area contributed by atoms with E-state index in [1.165, 1.54) is 0 Å². The first-order chi connectivity index (χ1) is 16.0. The Balaban J connectivity index is 1.45. The second-order valence-electron chi connectivity index (χ2n) is 7.54. The predicted octanol–water partition coefficient (Wildman–Crippen LogP) is 5.89. The molecule has 0 aliphatic carbocycles. The molecule has 0 radical (unpaired) electrons. The molecule has 170 valence electrons. The number of rotatable bonds is 6. The summed E-state index contributed by atoms with van der Waals surface area (Å²) in [5.41, 5.74) is 2.02. The normalized spacial score (nSPS) is 15.2. The molecule has 0 unspecified atom stereocenters. The van der Waals surface area contributed by atoms with Crippen molar-refractivity contribution in [2.45, 2.75) is 6.42 Å². The fourth-order valence-electron chi connectivity index (χ4n) is 3.33. The zero-order valence-corrected chi connectivity index (χ0v) is 19.8. The topological polar surface area (TPSA) is 40.6 Å². The number of carbonyl (C=O) groups excluding carboxylic acids is 2. The van der Waals surface area contributed by atoms with Crippen molar-refractivity contribution in [3.05, 3.63) is 106 Å². The van der Waals surface area contributed by atoms with Gasteiger partial charge in [-0.15, -0.1) is 0 Å². The van der Waals surface area contributed by atoms with Gasteiger partial charge in [-0.3, -0.25) is 9.59 Å². The van der Waals surface area contributed by atoms with E-state index in [1.54, 1.807) is 34.1 Å². The maximum absolute atomic E-state index is 12.5. The largest absolute Gasteiger partial charge is 0.337 e. The lowest BCUT2D eigenvalue weighted by Gasteiger charge is -2.20. The van der Waals surface area contributed by atoms with Crippen LogP contribution in [0.15, 0.2) is 85.0 Å². The van der Waals surface area contributed by atoms with Crippen LogP contribution in [-0.2, 0) is 9.59 Å². The van der Waals surface area contributed by atoms with Crippen molar-refractivity contribution in [3.63, 3.8) is 0 Å². The highest BCUT2D eigenvalue weighted by molar-refractivity contribution is 6.30. The number of halogens is 2. The van der Waals surface area contributed by atoms with E-state index >= 15 is 0 Å². The minimum absolute atomic E-state index is 0.0495. The summed E-state index contributed by atoms with van der Waals surface area (Å²) in [6, 6.07) is 15.0. The van der Waals surface area contributed by atoms with Crippen LogP contribution in [0, 0.1) is 0 Å². The highest BCUT2D eigenvalue weighted by Gasteiger charge is 2.19. The molecule has 0 N–H and O–H groups in total. The van der Waals surface area contributed by atoms with E-state index in [0.717, 1.165) is 17.5 Å². The van der Waals surface area contributed by atoms with Crippen molar-refractivity contribution in [3.8, 4) is 0 Å². The molecule has 1 aliphatic rings. The standard InChI is InChI=1S/C27H26Cl2N2O2/c28-24-14-10-22(11-15-24)6-1-3-8-26(32)30-18-5-19-31(21-20-30)27(33)9-4-2-7-23-12-16-25(29)17-13-23/h1-4,6-17H,5,18-21H2. The number of nitrogens with zero attached hydrogens (tertiary/aromatic N) is 2. The van der Waals surface area contributed by atoms with E-state index in [9.17, 15) is 9.59 Å². The van der Waals surface area contributed by atoms with Gasteiger partial charge in [-0.1, -0.05) is 83.9 Å². The Labute approximate surface area is 205 Å². The van der Waals surface area contributed by atoms with E-state index in [1.807, 2.05) is 72.8 Å². The van der Waals surface area contributed by atoms with Crippen LogP contribution >= 0.6 is 23.2 Å². The van der Waals surface area contributed by atoms with Crippen molar-refractivity contribution in [1.29, 1.82) is 0 Å². The van der Waals surface area contributed by atoms with Crippen LogP contribution in [-0.4, -0.2) is 47.8 Å². The first-order valence-electron chi connectivity index (χ1n) is 10.8. The summed E-state index contributed by atoms with van der Waals surface area (Å²) >= 11 is 11.8.